The summed E-state index contributed by atoms with van der Waals surface area (Å²) in [6, 6.07) is 9.67. The molecule has 1 aromatic rings. The van der Waals surface area contributed by atoms with Gasteiger partial charge in [0, 0.05) is 12.8 Å². The average molecular weight is 275 g/mol. The van der Waals surface area contributed by atoms with E-state index < -0.39 is 6.10 Å². The first-order chi connectivity index (χ1) is 9.65. The molecular formula is C17H25NO2. The molecule has 1 amide bonds. The van der Waals surface area contributed by atoms with Crippen molar-refractivity contribution in [1.82, 2.24) is 5.32 Å². The summed E-state index contributed by atoms with van der Waals surface area (Å²) >= 11 is 0. The normalized spacial score (nSPS) is 18.1. The molecule has 1 fully saturated rings. The Morgan fingerprint density at radius 1 is 1.35 bits per heavy atom. The number of carbonyl (C=O) groups excluding carboxylic acids is 1. The number of aliphatic hydroxyl groups excluding tert-OH is 1. The number of amides is 1. The van der Waals surface area contributed by atoms with Crippen molar-refractivity contribution in [3.8, 4) is 0 Å². The van der Waals surface area contributed by atoms with E-state index in [1.165, 1.54) is 19.3 Å². The zero-order valence-corrected chi connectivity index (χ0v) is 12.2. The Bertz CT molecular complexity index is 414. The second-order valence-corrected chi connectivity index (χ2v) is 5.95. The van der Waals surface area contributed by atoms with Crippen molar-refractivity contribution in [2.75, 3.05) is 0 Å². The maximum Gasteiger partial charge on any atom is 0.220 e. The van der Waals surface area contributed by atoms with Gasteiger partial charge in [0.15, 0.2) is 0 Å². The summed E-state index contributed by atoms with van der Waals surface area (Å²) in [4.78, 5) is 11.8. The lowest BCUT2D eigenvalue weighted by molar-refractivity contribution is -0.122. The molecule has 0 bridgehead atoms. The highest BCUT2D eigenvalue weighted by Gasteiger charge is 2.20. The van der Waals surface area contributed by atoms with Crippen molar-refractivity contribution in [1.29, 1.82) is 0 Å². The number of rotatable bonds is 7. The van der Waals surface area contributed by atoms with Crippen molar-refractivity contribution in [3.05, 3.63) is 35.9 Å². The fourth-order valence-corrected chi connectivity index (χ4v) is 2.57. The second-order valence-electron chi connectivity index (χ2n) is 5.95. The Hall–Kier alpha value is -1.35. The fourth-order valence-electron chi connectivity index (χ4n) is 2.57. The monoisotopic (exact) mass is 275 g/mol. The lowest BCUT2D eigenvalue weighted by Gasteiger charge is -2.25. The Morgan fingerprint density at radius 2 is 2.05 bits per heavy atom. The molecule has 0 heterocycles. The van der Waals surface area contributed by atoms with Gasteiger partial charge in [0.2, 0.25) is 5.91 Å². The fraction of sp³-hybridized carbons (Fsp3) is 0.588. The lowest BCUT2D eigenvalue weighted by Crippen LogP contribution is -2.42. The van der Waals surface area contributed by atoms with Gasteiger partial charge in [0.25, 0.3) is 0 Å². The molecule has 1 saturated carbocycles. The Balaban J connectivity index is 1.69. The van der Waals surface area contributed by atoms with Crippen LogP contribution in [0, 0.1) is 5.92 Å². The first kappa shape index (κ1) is 15.0. The minimum Gasteiger partial charge on any atom is -0.391 e. The lowest BCUT2D eigenvalue weighted by atomic mass is 9.82. The quantitative estimate of drug-likeness (QED) is 0.804. The van der Waals surface area contributed by atoms with E-state index in [4.69, 9.17) is 0 Å². The van der Waals surface area contributed by atoms with E-state index in [0.717, 1.165) is 17.9 Å². The van der Waals surface area contributed by atoms with Crippen LogP contribution in [-0.4, -0.2) is 23.2 Å². The highest BCUT2D eigenvalue weighted by Crippen LogP contribution is 2.30. The van der Waals surface area contributed by atoms with Gasteiger partial charge in [-0.15, -0.1) is 0 Å². The van der Waals surface area contributed by atoms with Crippen LogP contribution in [0.5, 0.6) is 0 Å². The van der Waals surface area contributed by atoms with Crippen LogP contribution in [0.3, 0.4) is 0 Å². The van der Waals surface area contributed by atoms with E-state index >= 15 is 0 Å². The summed E-state index contributed by atoms with van der Waals surface area (Å²) in [6.07, 6.45) is 5.49. The topological polar surface area (TPSA) is 49.3 Å². The third-order valence-corrected chi connectivity index (χ3v) is 4.26. The van der Waals surface area contributed by atoms with Crippen molar-refractivity contribution in [2.24, 2.45) is 5.92 Å². The summed E-state index contributed by atoms with van der Waals surface area (Å²) in [6.45, 7) is 1.87. The van der Waals surface area contributed by atoms with E-state index in [9.17, 15) is 9.90 Å². The van der Waals surface area contributed by atoms with Crippen LogP contribution in [-0.2, 0) is 11.2 Å². The minimum absolute atomic E-state index is 0.0662. The van der Waals surface area contributed by atoms with E-state index in [2.05, 4.69) is 5.32 Å². The minimum atomic E-state index is -0.537. The van der Waals surface area contributed by atoms with Crippen LogP contribution in [0.2, 0.25) is 0 Å². The van der Waals surface area contributed by atoms with E-state index in [-0.39, 0.29) is 11.9 Å². The first-order valence-electron chi connectivity index (χ1n) is 7.66. The van der Waals surface area contributed by atoms with Crippen LogP contribution in [0.15, 0.2) is 30.3 Å². The van der Waals surface area contributed by atoms with Gasteiger partial charge < -0.3 is 10.4 Å². The van der Waals surface area contributed by atoms with Crippen molar-refractivity contribution in [2.45, 2.75) is 57.6 Å². The third-order valence-electron chi connectivity index (χ3n) is 4.26. The molecule has 0 aliphatic heterocycles. The molecule has 0 aromatic heterocycles. The smallest absolute Gasteiger partial charge is 0.220 e. The molecule has 0 saturated heterocycles. The van der Waals surface area contributed by atoms with Crippen LogP contribution in [0.4, 0.5) is 0 Å². The molecule has 2 unspecified atom stereocenters. The predicted molar refractivity (Wildman–Crippen MR) is 80.3 cm³/mol. The summed E-state index contributed by atoms with van der Waals surface area (Å²) < 4.78 is 0. The molecule has 1 aliphatic carbocycles. The molecule has 2 N–H and O–H groups in total. The largest absolute Gasteiger partial charge is 0.391 e. The Morgan fingerprint density at radius 3 is 2.65 bits per heavy atom. The van der Waals surface area contributed by atoms with Gasteiger partial charge in [-0.05, 0) is 24.8 Å². The van der Waals surface area contributed by atoms with Gasteiger partial charge in [0.1, 0.15) is 0 Å². The van der Waals surface area contributed by atoms with Crippen molar-refractivity contribution >= 4 is 5.91 Å². The molecule has 0 radical (unpaired) electrons. The maximum absolute atomic E-state index is 11.8. The zero-order valence-electron chi connectivity index (χ0n) is 12.2. The summed E-state index contributed by atoms with van der Waals surface area (Å²) in [5.41, 5.74) is 1.09. The molecule has 2 atom stereocenters. The number of hydrogen-bond acceptors (Lipinski definition) is 2. The van der Waals surface area contributed by atoms with Crippen LogP contribution >= 0.6 is 0 Å². The molecule has 3 nitrogen and oxygen atoms in total. The first-order valence-corrected chi connectivity index (χ1v) is 7.66. The zero-order chi connectivity index (χ0) is 14.4. The van der Waals surface area contributed by atoms with Gasteiger partial charge in [-0.1, -0.05) is 49.6 Å². The molecule has 110 valence electrons. The van der Waals surface area contributed by atoms with Gasteiger partial charge in [-0.2, -0.15) is 0 Å². The van der Waals surface area contributed by atoms with Crippen LogP contribution in [0.1, 0.15) is 44.6 Å². The standard InChI is InChI=1S/C17H25NO2/c1-13(16(19)12-15-6-3-2-4-7-15)18-17(20)11-10-14-8-5-9-14/h2-4,6-7,13-14,16,19H,5,8-12H2,1H3,(H,18,20). The summed E-state index contributed by atoms with van der Waals surface area (Å²) in [5.74, 6) is 0.821. The number of nitrogens with one attached hydrogen (secondary N) is 1. The molecular weight excluding hydrogens is 250 g/mol. The number of carbonyl (C=O) groups is 1. The third kappa shape index (κ3) is 4.64. The molecule has 1 aliphatic rings. The van der Waals surface area contributed by atoms with Crippen LogP contribution in [0.25, 0.3) is 0 Å². The van der Waals surface area contributed by atoms with Gasteiger partial charge in [-0.25, -0.2) is 0 Å². The molecule has 20 heavy (non-hydrogen) atoms. The van der Waals surface area contributed by atoms with E-state index in [0.29, 0.717) is 12.8 Å². The van der Waals surface area contributed by atoms with Gasteiger partial charge in [0.05, 0.1) is 12.1 Å². The Kier molecular flexibility index (Phi) is 5.60. The molecule has 3 heteroatoms. The molecule has 2 rings (SSSR count). The molecule has 0 spiro atoms. The van der Waals surface area contributed by atoms with Gasteiger partial charge in [-0.3, -0.25) is 4.79 Å². The van der Waals surface area contributed by atoms with Gasteiger partial charge >= 0.3 is 0 Å². The Labute approximate surface area is 121 Å². The summed E-state index contributed by atoms with van der Waals surface area (Å²) in [7, 11) is 0. The average Bonchev–Trinajstić information content (AvgIpc) is 2.38. The highest BCUT2D eigenvalue weighted by molar-refractivity contribution is 5.76. The summed E-state index contributed by atoms with van der Waals surface area (Å²) in [5, 5.41) is 13.1. The number of aliphatic hydroxyl groups is 1. The highest BCUT2D eigenvalue weighted by atomic mass is 16.3. The van der Waals surface area contributed by atoms with Crippen molar-refractivity contribution < 1.29 is 9.90 Å². The van der Waals surface area contributed by atoms with E-state index in [1.54, 1.807) is 0 Å². The predicted octanol–water partition coefficient (Wildman–Crippen LogP) is 2.68. The SMILES string of the molecule is CC(NC(=O)CCC1CCC1)C(O)Cc1ccccc1. The van der Waals surface area contributed by atoms with Crippen molar-refractivity contribution in [3.63, 3.8) is 0 Å². The number of benzene rings is 1. The second kappa shape index (κ2) is 7.44. The number of hydrogen-bond donors (Lipinski definition) is 2. The maximum atomic E-state index is 11.8. The van der Waals surface area contributed by atoms with Crippen LogP contribution < -0.4 is 5.32 Å². The molecule has 1 aromatic carbocycles. The van der Waals surface area contributed by atoms with E-state index in [1.807, 2.05) is 37.3 Å².